The summed E-state index contributed by atoms with van der Waals surface area (Å²) in [4.78, 5) is 86.1. The summed E-state index contributed by atoms with van der Waals surface area (Å²) < 4.78 is 94.8. The number of esters is 2. The van der Waals surface area contributed by atoms with E-state index in [-0.39, 0.29) is 86.6 Å². The Morgan fingerprint density at radius 3 is 1.13 bits per heavy atom. The van der Waals surface area contributed by atoms with Crippen LogP contribution in [0.2, 0.25) is 10.4 Å². The minimum atomic E-state index is -1.04. The van der Waals surface area contributed by atoms with Gasteiger partial charge in [-0.3, -0.25) is 14.5 Å². The molecule has 5 atom stereocenters. The van der Waals surface area contributed by atoms with Gasteiger partial charge in [-0.05, 0) is 143 Å². The number of carboxylic acid groups (broad SMARTS) is 1. The number of benzene rings is 3. The first-order valence-corrected chi connectivity index (χ1v) is 47.6. The second-order valence-corrected chi connectivity index (χ2v) is 35.5. The first kappa shape index (κ1) is 132. The number of hydrogen-bond donors (Lipinski definition) is 12. The van der Waals surface area contributed by atoms with Gasteiger partial charge in [-0.1, -0.05) is 131 Å². The van der Waals surface area contributed by atoms with Gasteiger partial charge in [-0.2, -0.15) is 15.0 Å². The van der Waals surface area contributed by atoms with Crippen LogP contribution in [-0.4, -0.2) is 232 Å². The molecule has 8 aromatic heterocycles. The fourth-order valence-electron chi connectivity index (χ4n) is 13.9. The number of pyridine rings is 4. The van der Waals surface area contributed by atoms with E-state index in [1.165, 1.54) is 38.5 Å². The standard InChI is InChI=1S/C24H30FN5O4.C23H30FN5O3.C14H20FN5O.C9H13NO2.C8H17NO2.C8H19N.C7H2Cl2FN3.C7H15NO2.CH4.Al.Li.4H/c1-6-7-10-24(2,22(31)34-5)30-21-20-18(11-16(25)14-26-20)28-23(29-21)27-13-15-8-9-17(32-3)12-19(15)33-4;1-5-6-9-23(2,14-30)29-21-20-18(10-16(24)13-25-20)27-22(28-21)26-12-15-7-8-17(31-3)11-19(15)32-4;1-3-4-5-14(2,8-21)20-12-11-10(18-13(16)19-12)6-9(15)7-17-11;1-11-8-4-3-7(6-10)9(5-8)12-2;1-4-5-6-8(2,9)7(10)11-3;1-6-9(7(2)3)8(4)5;8-6-5-4(12-7(9)13-6)1-3(10)2-11-5;1-3-4-5-7(2,8)6(9)10;;;;;;;/h8-9,11-12,14H,6-7,10,13H2,1-5H3,(H2,27,28,29,30);7-8,10-11,13,30H,5-6,9,12,14H2,1-4H3,(H2,26,27,28,29);6-7,21H,3-5,8H2,1-2H3,(H3,16,18,19,20);3-5H,6,10H2,1-2H3;4-6,9H2,1-3H3;7-8H,6H2,1-5H3;1-2H;3-5,8H2,1-2H3,(H,9,10);1H4;;;;;;/q;;;;;;;;;;+1;;;;-1. The molecular weight excluding hydrogens is 1930 g/mol. The molecule has 11 rings (SSSR count). The van der Waals surface area contributed by atoms with Crippen LogP contribution in [0.4, 0.5) is 52.9 Å². The van der Waals surface area contributed by atoms with E-state index in [0.717, 1.165) is 137 Å². The Labute approximate surface area is 884 Å². The number of carbonyl (C=O) groups excluding carboxylic acids is 2. The summed E-state index contributed by atoms with van der Waals surface area (Å²) >= 11 is 11.2. The molecule has 798 valence electrons. The number of aliphatic hydroxyl groups excluding tert-OH is 2. The summed E-state index contributed by atoms with van der Waals surface area (Å²) in [6, 6.07) is 23.0. The van der Waals surface area contributed by atoms with E-state index < -0.39 is 62.9 Å². The number of aromatic nitrogens is 12. The number of hydrogen-bond acceptors (Lipinski definition) is 35. The number of ether oxygens (including phenoxy) is 8. The zero-order chi connectivity index (χ0) is 106. The van der Waals surface area contributed by atoms with Gasteiger partial charge in [0, 0.05) is 90.9 Å². The molecule has 0 aliphatic heterocycles. The van der Waals surface area contributed by atoms with Gasteiger partial charge >= 0.3 is 36.8 Å². The predicted octanol–water partition coefficient (Wildman–Crippen LogP) is 14.9. The molecule has 0 radical (unpaired) electrons. The van der Waals surface area contributed by atoms with Crippen molar-refractivity contribution in [3.8, 4) is 34.5 Å². The number of aliphatic carboxylic acids is 1. The van der Waals surface area contributed by atoms with Crippen molar-refractivity contribution in [1.82, 2.24) is 64.7 Å². The SMILES string of the molecule is C.CCCCC(C)(CO)Nc1nc(N)nc2cc(F)cnc12.CCCCC(C)(CO)Nc1nc(NCc2ccc(OC)cc2OC)nc2cc(F)cnc12.CCCCC(C)(N)C(=O)O.CCCCC(C)(N)C(=O)OC.CCCCC(C)(Nc1nc(NCc2ccc(OC)cc2OC)nc2cc(F)cnc12)C(=O)OC.CCN(C(C)C)C(C)C.COc1ccc(CN)c(OC)c1.Fc1cnc2c(Cl)nc(Cl)nc2c1.[AlH3].[H-].[Li+]. The average Bonchev–Trinajstić information content (AvgIpc) is 0.784. The van der Waals surface area contributed by atoms with Crippen LogP contribution in [-0.2, 0) is 43.5 Å². The molecule has 36 nitrogen and oxygen atoms in total. The van der Waals surface area contributed by atoms with E-state index in [1.807, 2.05) is 70.2 Å². The second-order valence-electron chi connectivity index (χ2n) is 34.8. The van der Waals surface area contributed by atoms with Gasteiger partial charge in [-0.25, -0.2) is 67.2 Å². The smallest absolute Gasteiger partial charge is 1.00 e. The molecular formula is C101H154AlCl2F4LiN22O14. The number of nitrogens with two attached hydrogens (primary N) is 4. The number of halogens is 6. The van der Waals surface area contributed by atoms with Crippen molar-refractivity contribution in [2.75, 3.05) is 109 Å². The number of nitrogens with one attached hydrogen (secondary N) is 5. The van der Waals surface area contributed by atoms with Gasteiger partial charge < -0.3 is 104 Å². The van der Waals surface area contributed by atoms with Crippen molar-refractivity contribution in [2.24, 2.45) is 17.2 Å². The van der Waals surface area contributed by atoms with Crippen LogP contribution in [0.1, 0.15) is 226 Å². The zero-order valence-electron chi connectivity index (χ0n) is 88.0. The Balaban J connectivity index is 0.00000172. The van der Waals surface area contributed by atoms with E-state index in [4.69, 9.17) is 84.4 Å². The van der Waals surface area contributed by atoms with Crippen molar-refractivity contribution in [2.45, 2.75) is 267 Å². The Kier molecular flexibility index (Phi) is 60.1. The molecule has 16 N–H and O–H groups in total. The van der Waals surface area contributed by atoms with Crippen LogP contribution in [0.15, 0.2) is 104 Å². The summed E-state index contributed by atoms with van der Waals surface area (Å²) in [6.07, 6.45) is 17.2. The Morgan fingerprint density at radius 1 is 0.455 bits per heavy atom. The summed E-state index contributed by atoms with van der Waals surface area (Å²) in [5.74, 6) is 2.30. The quantitative estimate of drug-likeness (QED) is 0.00556. The fraction of sp³-hybridized carbons (Fsp3) is 0.515. The van der Waals surface area contributed by atoms with Gasteiger partial charge in [0.1, 0.15) is 96.4 Å². The van der Waals surface area contributed by atoms with E-state index in [2.05, 4.69) is 151 Å². The first-order chi connectivity index (χ1) is 67.3. The minimum Gasteiger partial charge on any atom is -1.00 e. The third-order valence-electron chi connectivity index (χ3n) is 22.2. The van der Waals surface area contributed by atoms with Gasteiger partial charge in [-0.15, -0.1) is 0 Å². The topological polar surface area (TPSA) is 508 Å². The number of carbonyl (C=O) groups is 3. The van der Waals surface area contributed by atoms with E-state index in [9.17, 15) is 42.2 Å². The Hall–Kier alpha value is -11.2. The van der Waals surface area contributed by atoms with Crippen LogP contribution >= 0.6 is 23.2 Å². The molecule has 44 heteroatoms. The van der Waals surface area contributed by atoms with Crippen molar-refractivity contribution in [3.63, 3.8) is 0 Å². The molecule has 0 aliphatic rings. The Bertz CT molecular complexity index is 5770. The zero-order valence-corrected chi connectivity index (χ0v) is 88.6. The first-order valence-electron chi connectivity index (χ1n) is 46.8. The van der Waals surface area contributed by atoms with Crippen LogP contribution in [0.5, 0.6) is 34.5 Å². The third kappa shape index (κ3) is 43.0. The molecule has 3 aromatic carbocycles. The number of unbranched alkanes of at least 4 members (excludes halogenated alkanes) is 5. The maximum Gasteiger partial charge on any atom is 1.00 e. The molecule has 145 heavy (non-hydrogen) atoms. The summed E-state index contributed by atoms with van der Waals surface area (Å²) in [7, 11) is 12.3. The van der Waals surface area contributed by atoms with Crippen LogP contribution in [0.25, 0.3) is 44.1 Å². The fourth-order valence-corrected chi connectivity index (χ4v) is 14.3. The maximum atomic E-state index is 13.9. The summed E-state index contributed by atoms with van der Waals surface area (Å²) in [6.45, 7) is 32.5. The number of methoxy groups -OCH3 is 8. The second kappa shape index (κ2) is 66.1. The molecule has 0 saturated heterocycles. The maximum absolute atomic E-state index is 13.9. The predicted molar refractivity (Wildman–Crippen MR) is 570 cm³/mol. The van der Waals surface area contributed by atoms with Gasteiger partial charge in [0.2, 0.25) is 23.1 Å². The number of nitrogen functional groups attached to an aromatic ring is 1. The third-order valence-corrected chi connectivity index (χ3v) is 22.7. The number of rotatable bonds is 42. The Morgan fingerprint density at radius 2 is 0.793 bits per heavy atom. The van der Waals surface area contributed by atoms with E-state index in [1.54, 1.807) is 75.6 Å². The van der Waals surface area contributed by atoms with Crippen LogP contribution in [0, 0.1) is 23.3 Å². The average molecular weight is 2080 g/mol. The molecule has 0 amide bonds. The van der Waals surface area contributed by atoms with Crippen molar-refractivity contribution in [3.05, 3.63) is 154 Å². The molecule has 0 fully saturated rings. The molecule has 8 heterocycles. The van der Waals surface area contributed by atoms with E-state index in [0.29, 0.717) is 142 Å². The van der Waals surface area contributed by atoms with Crippen molar-refractivity contribution in [1.29, 1.82) is 0 Å². The number of nitrogens with zero attached hydrogens (tertiary/aromatic N) is 13. The van der Waals surface area contributed by atoms with Crippen molar-refractivity contribution < 1.29 is 105 Å². The summed E-state index contributed by atoms with van der Waals surface area (Å²) in [5, 5.41) is 44.3. The van der Waals surface area contributed by atoms with E-state index >= 15 is 0 Å². The molecule has 5 unspecified atom stereocenters. The van der Waals surface area contributed by atoms with Gasteiger partial charge in [0.25, 0.3) is 0 Å². The summed E-state index contributed by atoms with van der Waals surface area (Å²) in [5.41, 5.74) is 23.8. The van der Waals surface area contributed by atoms with Gasteiger partial charge in [0.05, 0.1) is 128 Å². The molecule has 0 saturated carbocycles. The number of aliphatic hydroxyl groups is 2. The van der Waals surface area contributed by atoms with Crippen LogP contribution < -0.4 is 96.8 Å². The van der Waals surface area contributed by atoms with Gasteiger partial charge in [0.15, 0.2) is 40.0 Å². The molecule has 0 spiro atoms. The number of anilines is 6. The largest absolute Gasteiger partial charge is 1.00 e. The molecule has 0 aliphatic carbocycles. The van der Waals surface area contributed by atoms with Crippen LogP contribution in [0.3, 0.4) is 0 Å². The monoisotopic (exact) mass is 2080 g/mol. The minimum absolute atomic E-state index is 0. The molecule has 0 bridgehead atoms. The van der Waals surface area contributed by atoms with Crippen molar-refractivity contribution >= 4 is 138 Å². The number of carboxylic acids is 1. The normalized spacial score (nSPS) is 12.7. The molecule has 11 aromatic rings. The number of fused-ring (bicyclic) bond motifs is 4.